The van der Waals surface area contributed by atoms with Gasteiger partial charge in [-0.3, -0.25) is 0 Å². The molecule has 0 N–H and O–H groups in total. The summed E-state index contributed by atoms with van der Waals surface area (Å²) in [7, 11) is 0. The fourth-order valence-electron chi connectivity index (χ4n) is 4.94. The summed E-state index contributed by atoms with van der Waals surface area (Å²) in [6.07, 6.45) is 23.2. The molecule has 0 saturated heterocycles. The van der Waals surface area contributed by atoms with Gasteiger partial charge < -0.3 is 0 Å². The van der Waals surface area contributed by atoms with Gasteiger partial charge in [0.15, 0.2) is 0 Å². The topological polar surface area (TPSA) is 0 Å². The van der Waals surface area contributed by atoms with Crippen LogP contribution >= 0.6 is 0 Å². The van der Waals surface area contributed by atoms with Crippen molar-refractivity contribution in [2.24, 2.45) is 35.5 Å². The Bertz CT molecular complexity index is 308. The Balaban J connectivity index is 3.54. The predicted molar refractivity (Wildman–Crippen MR) is 140 cm³/mol. The van der Waals surface area contributed by atoms with Crippen molar-refractivity contribution in [3.05, 3.63) is 0 Å². The van der Waals surface area contributed by atoms with Crippen LogP contribution in [-0.2, 0) is 0 Å². The highest BCUT2D eigenvalue weighted by Gasteiger charge is 2.09. The van der Waals surface area contributed by atoms with Crippen molar-refractivity contribution in [2.45, 2.75) is 158 Å². The van der Waals surface area contributed by atoms with Crippen molar-refractivity contribution in [3.8, 4) is 0 Å². The van der Waals surface area contributed by atoms with E-state index in [1.807, 2.05) is 0 Å². The minimum atomic E-state index is 0.878. The van der Waals surface area contributed by atoms with Crippen LogP contribution in [0.25, 0.3) is 0 Å². The second-order valence-electron chi connectivity index (χ2n) is 12.2. The third kappa shape index (κ3) is 21.2. The van der Waals surface area contributed by atoms with E-state index in [9.17, 15) is 0 Å². The molecular formula is C30H62. The Hall–Kier alpha value is 0. The highest BCUT2D eigenvalue weighted by atomic mass is 14.1. The minimum Gasteiger partial charge on any atom is -0.0628 e. The highest BCUT2D eigenvalue weighted by Crippen LogP contribution is 2.24. The molecule has 0 bridgehead atoms. The van der Waals surface area contributed by atoms with Gasteiger partial charge in [0.2, 0.25) is 0 Å². The first-order valence-electron chi connectivity index (χ1n) is 14.2. The quantitative estimate of drug-likeness (QED) is 0.161. The first-order chi connectivity index (χ1) is 14.2. The Morgan fingerprint density at radius 2 is 0.467 bits per heavy atom. The van der Waals surface area contributed by atoms with Crippen molar-refractivity contribution >= 4 is 0 Å². The van der Waals surface area contributed by atoms with E-state index in [2.05, 4.69) is 55.4 Å². The van der Waals surface area contributed by atoms with Crippen LogP contribution in [0.5, 0.6) is 0 Å². The molecule has 0 nitrogen and oxygen atoms in total. The molecule has 30 heavy (non-hydrogen) atoms. The molecule has 0 aromatic rings. The normalized spacial score (nSPS) is 16.2. The van der Waals surface area contributed by atoms with E-state index in [0.717, 1.165) is 35.5 Å². The van der Waals surface area contributed by atoms with E-state index in [1.54, 1.807) is 0 Å². The van der Waals surface area contributed by atoms with Crippen LogP contribution in [0.1, 0.15) is 158 Å². The number of rotatable bonds is 21. The van der Waals surface area contributed by atoms with E-state index in [-0.39, 0.29) is 0 Å². The SMILES string of the molecule is CC(C)CCC[C@H](C)CCC[C@H](C)CCCC[C@H](C)CCC[C@@H](C)CCCC(C)C. The summed E-state index contributed by atoms with van der Waals surface area (Å²) in [6, 6.07) is 0. The van der Waals surface area contributed by atoms with Crippen molar-refractivity contribution in [2.75, 3.05) is 0 Å². The van der Waals surface area contributed by atoms with Crippen molar-refractivity contribution in [1.29, 1.82) is 0 Å². The second kappa shape index (κ2) is 19.7. The maximum absolute atomic E-state index is 2.49. The number of unbranched alkanes of at least 4 members (excludes halogenated alkanes) is 1. The molecule has 0 aliphatic carbocycles. The number of hydrogen-bond acceptors (Lipinski definition) is 0. The monoisotopic (exact) mass is 422 g/mol. The van der Waals surface area contributed by atoms with E-state index in [1.165, 1.54) is 103 Å². The van der Waals surface area contributed by atoms with Crippen LogP contribution in [0.4, 0.5) is 0 Å². The maximum Gasteiger partial charge on any atom is -0.0443 e. The van der Waals surface area contributed by atoms with Crippen LogP contribution in [-0.4, -0.2) is 0 Å². The highest BCUT2D eigenvalue weighted by molar-refractivity contribution is 4.62. The molecule has 182 valence electrons. The molecule has 0 aliphatic rings. The van der Waals surface area contributed by atoms with Gasteiger partial charge in [-0.25, -0.2) is 0 Å². The average molecular weight is 423 g/mol. The van der Waals surface area contributed by atoms with Gasteiger partial charge in [0, 0.05) is 0 Å². The summed E-state index contributed by atoms with van der Waals surface area (Å²) in [5, 5.41) is 0. The molecule has 0 radical (unpaired) electrons. The van der Waals surface area contributed by atoms with Crippen LogP contribution in [0.3, 0.4) is 0 Å². The molecule has 0 rings (SSSR count). The smallest absolute Gasteiger partial charge is 0.0443 e. The van der Waals surface area contributed by atoms with Gasteiger partial charge >= 0.3 is 0 Å². The molecular weight excluding hydrogens is 360 g/mol. The molecule has 0 heterocycles. The molecule has 0 fully saturated rings. The van der Waals surface area contributed by atoms with Crippen LogP contribution < -0.4 is 0 Å². The zero-order valence-electron chi connectivity index (χ0n) is 22.8. The lowest BCUT2D eigenvalue weighted by Crippen LogP contribution is -2.01. The van der Waals surface area contributed by atoms with Gasteiger partial charge in [-0.1, -0.05) is 158 Å². The first-order valence-corrected chi connectivity index (χ1v) is 14.2. The maximum atomic E-state index is 2.49. The predicted octanol–water partition coefficient (Wildman–Crippen LogP) is 11.1. The first kappa shape index (κ1) is 30.0. The summed E-state index contributed by atoms with van der Waals surface area (Å²) in [5.74, 6) is 5.51. The molecule has 0 unspecified atom stereocenters. The lowest BCUT2D eigenvalue weighted by molar-refractivity contribution is 0.369. The van der Waals surface area contributed by atoms with Crippen molar-refractivity contribution < 1.29 is 0 Å². The zero-order chi connectivity index (χ0) is 22.8. The third-order valence-electron chi connectivity index (χ3n) is 7.39. The Morgan fingerprint density at radius 3 is 0.700 bits per heavy atom. The molecule has 0 heteroatoms. The Kier molecular flexibility index (Phi) is 19.7. The summed E-state index contributed by atoms with van der Waals surface area (Å²) < 4.78 is 0. The standard InChI is InChI=1S/C30H62/c1-25(2)15-11-19-29(7)23-13-21-27(5)17-9-10-18-28(6)22-14-24-30(8)20-12-16-26(3)4/h25-30H,9-24H2,1-8H3/t27-,28+,29-,30-/m0/s1. The second-order valence-corrected chi connectivity index (χ2v) is 12.2. The lowest BCUT2D eigenvalue weighted by atomic mass is 9.90. The van der Waals surface area contributed by atoms with Crippen molar-refractivity contribution in [3.63, 3.8) is 0 Å². The van der Waals surface area contributed by atoms with Crippen LogP contribution in [0, 0.1) is 35.5 Å². The zero-order valence-corrected chi connectivity index (χ0v) is 22.8. The van der Waals surface area contributed by atoms with E-state index in [0.29, 0.717) is 0 Å². The minimum absolute atomic E-state index is 0.878. The van der Waals surface area contributed by atoms with Gasteiger partial charge in [0.05, 0.1) is 0 Å². The fraction of sp³-hybridized carbons (Fsp3) is 1.00. The third-order valence-corrected chi connectivity index (χ3v) is 7.39. The lowest BCUT2D eigenvalue weighted by Gasteiger charge is -2.16. The largest absolute Gasteiger partial charge is 0.0628 e. The molecule has 0 saturated carbocycles. The van der Waals surface area contributed by atoms with E-state index in [4.69, 9.17) is 0 Å². The number of hydrogen-bond donors (Lipinski definition) is 0. The average Bonchev–Trinajstić information content (AvgIpc) is 2.64. The van der Waals surface area contributed by atoms with Crippen LogP contribution in [0.15, 0.2) is 0 Å². The molecule has 0 spiro atoms. The summed E-state index contributed by atoms with van der Waals surface area (Å²) in [5.41, 5.74) is 0. The van der Waals surface area contributed by atoms with Gasteiger partial charge in [-0.05, 0) is 35.5 Å². The van der Waals surface area contributed by atoms with Crippen molar-refractivity contribution in [1.82, 2.24) is 0 Å². The van der Waals surface area contributed by atoms with Gasteiger partial charge in [0.25, 0.3) is 0 Å². The summed E-state index contributed by atoms with van der Waals surface area (Å²) in [6.45, 7) is 19.3. The van der Waals surface area contributed by atoms with Gasteiger partial charge in [-0.15, -0.1) is 0 Å². The Labute approximate surface area is 193 Å². The Morgan fingerprint density at radius 1 is 0.267 bits per heavy atom. The van der Waals surface area contributed by atoms with Gasteiger partial charge in [0.1, 0.15) is 0 Å². The molecule has 0 amide bonds. The van der Waals surface area contributed by atoms with E-state index < -0.39 is 0 Å². The van der Waals surface area contributed by atoms with Crippen LogP contribution in [0.2, 0.25) is 0 Å². The molecule has 4 atom stereocenters. The summed E-state index contributed by atoms with van der Waals surface area (Å²) >= 11 is 0. The molecule has 0 aliphatic heterocycles. The molecule has 0 aromatic heterocycles. The molecule has 0 aromatic carbocycles. The van der Waals surface area contributed by atoms with Gasteiger partial charge in [-0.2, -0.15) is 0 Å². The van der Waals surface area contributed by atoms with E-state index >= 15 is 0 Å². The fourth-order valence-corrected chi connectivity index (χ4v) is 4.94. The summed E-state index contributed by atoms with van der Waals surface area (Å²) in [4.78, 5) is 0.